The van der Waals surface area contributed by atoms with Gasteiger partial charge in [0.05, 0.1) is 12.7 Å². The Balaban J connectivity index is 0.000000332. The summed E-state index contributed by atoms with van der Waals surface area (Å²) in [5.41, 5.74) is 4.98. The van der Waals surface area contributed by atoms with Gasteiger partial charge in [0, 0.05) is 73.7 Å². The standard InChI is InChI=1S/C22H24F2N6O.C7H12O/c1-13(31)29-7-5-19-18(12-29)22(27-26-19)30-6-3-4-14-8-16(15-10-25-28(2)11-15)17(21(23)24)9-20(14)30;8-6-7-4-2-1-3-5-7/h8-11,21H,3-7,12H2,1-2H3,(H,26,27);6-7H,1-5H2. The summed E-state index contributed by atoms with van der Waals surface area (Å²) in [6.45, 7) is 3.40. The predicted octanol–water partition coefficient (Wildman–Crippen LogP) is 5.50. The van der Waals surface area contributed by atoms with Crippen LogP contribution in [-0.2, 0) is 36.0 Å². The summed E-state index contributed by atoms with van der Waals surface area (Å²) in [4.78, 5) is 25.9. The summed E-state index contributed by atoms with van der Waals surface area (Å²) in [5, 5.41) is 11.8. The molecule has 0 saturated heterocycles. The lowest BCUT2D eigenvalue weighted by Gasteiger charge is -2.33. The van der Waals surface area contributed by atoms with E-state index in [9.17, 15) is 18.4 Å². The summed E-state index contributed by atoms with van der Waals surface area (Å²) in [6, 6.07) is 3.48. The molecule has 2 aromatic heterocycles. The number of nitrogens with one attached hydrogen (secondary N) is 1. The van der Waals surface area contributed by atoms with E-state index in [-0.39, 0.29) is 11.5 Å². The van der Waals surface area contributed by atoms with Crippen LogP contribution in [0, 0.1) is 5.92 Å². The average molecular weight is 539 g/mol. The van der Waals surface area contributed by atoms with Crippen LogP contribution < -0.4 is 4.90 Å². The number of amides is 1. The fourth-order valence-corrected chi connectivity index (χ4v) is 5.90. The van der Waals surface area contributed by atoms with Crippen molar-refractivity contribution in [3.63, 3.8) is 0 Å². The van der Waals surface area contributed by atoms with Gasteiger partial charge in [0.2, 0.25) is 5.91 Å². The van der Waals surface area contributed by atoms with Gasteiger partial charge in [-0.1, -0.05) is 19.3 Å². The van der Waals surface area contributed by atoms with Crippen LogP contribution in [-0.4, -0.2) is 50.2 Å². The number of fused-ring (bicyclic) bond motifs is 2. The quantitative estimate of drug-likeness (QED) is 0.443. The van der Waals surface area contributed by atoms with E-state index in [1.807, 2.05) is 11.0 Å². The third-order valence-electron chi connectivity index (χ3n) is 8.08. The van der Waals surface area contributed by atoms with E-state index in [1.54, 1.807) is 42.0 Å². The number of hydrogen-bond acceptors (Lipinski definition) is 5. The van der Waals surface area contributed by atoms with Crippen LogP contribution in [0.25, 0.3) is 11.1 Å². The predicted molar refractivity (Wildman–Crippen MR) is 145 cm³/mol. The summed E-state index contributed by atoms with van der Waals surface area (Å²) in [6.07, 6.45) is 10.5. The molecule has 0 bridgehead atoms. The number of aromatic nitrogens is 4. The first kappa shape index (κ1) is 27.0. The molecule has 6 rings (SSSR count). The third kappa shape index (κ3) is 5.74. The Hall–Kier alpha value is -3.56. The lowest BCUT2D eigenvalue weighted by Crippen LogP contribution is -2.35. The van der Waals surface area contributed by atoms with Crippen molar-refractivity contribution in [2.24, 2.45) is 13.0 Å². The Labute approximate surface area is 227 Å². The van der Waals surface area contributed by atoms with Crippen molar-refractivity contribution in [3.8, 4) is 11.1 Å². The van der Waals surface area contributed by atoms with Gasteiger partial charge in [0.1, 0.15) is 6.29 Å². The van der Waals surface area contributed by atoms with Crippen LogP contribution in [0.4, 0.5) is 20.3 Å². The molecule has 1 aliphatic carbocycles. The van der Waals surface area contributed by atoms with Gasteiger partial charge in [0.25, 0.3) is 6.43 Å². The maximum atomic E-state index is 14.1. The molecule has 1 aromatic carbocycles. The topological polar surface area (TPSA) is 87.1 Å². The summed E-state index contributed by atoms with van der Waals surface area (Å²) < 4.78 is 29.7. The second-order valence-electron chi connectivity index (χ2n) is 10.8. The number of halogens is 2. The normalized spacial score (nSPS) is 17.4. The number of aromatic amines is 1. The maximum Gasteiger partial charge on any atom is 0.264 e. The van der Waals surface area contributed by atoms with E-state index in [0.717, 1.165) is 60.3 Å². The number of rotatable bonds is 4. The van der Waals surface area contributed by atoms with Crippen LogP contribution in [0.3, 0.4) is 0 Å². The molecule has 10 heteroatoms. The zero-order valence-electron chi connectivity index (χ0n) is 22.6. The third-order valence-corrected chi connectivity index (χ3v) is 8.08. The van der Waals surface area contributed by atoms with E-state index in [0.29, 0.717) is 43.1 Å². The maximum absolute atomic E-state index is 14.1. The minimum atomic E-state index is -2.61. The van der Waals surface area contributed by atoms with Crippen molar-refractivity contribution in [1.82, 2.24) is 24.9 Å². The van der Waals surface area contributed by atoms with E-state index in [4.69, 9.17) is 0 Å². The lowest BCUT2D eigenvalue weighted by atomic mass is 9.91. The fraction of sp³-hybridized carbons (Fsp3) is 0.517. The van der Waals surface area contributed by atoms with Crippen molar-refractivity contribution in [3.05, 3.63) is 46.9 Å². The molecule has 3 aliphatic rings. The van der Waals surface area contributed by atoms with Crippen LogP contribution in [0.1, 0.15) is 74.3 Å². The smallest absolute Gasteiger partial charge is 0.264 e. The van der Waals surface area contributed by atoms with Crippen molar-refractivity contribution >= 4 is 23.7 Å². The van der Waals surface area contributed by atoms with Crippen LogP contribution >= 0.6 is 0 Å². The van der Waals surface area contributed by atoms with Gasteiger partial charge in [-0.3, -0.25) is 14.6 Å². The van der Waals surface area contributed by atoms with Gasteiger partial charge >= 0.3 is 0 Å². The first-order valence-corrected chi connectivity index (χ1v) is 13.8. The molecule has 1 amide bonds. The van der Waals surface area contributed by atoms with Gasteiger partial charge in [-0.2, -0.15) is 10.2 Å². The molecule has 4 heterocycles. The zero-order valence-corrected chi connectivity index (χ0v) is 22.6. The zero-order chi connectivity index (χ0) is 27.5. The first-order chi connectivity index (χ1) is 18.9. The molecule has 1 fully saturated rings. The van der Waals surface area contributed by atoms with E-state index < -0.39 is 6.43 Å². The highest BCUT2D eigenvalue weighted by Gasteiger charge is 2.30. The number of alkyl halides is 2. The monoisotopic (exact) mass is 538 g/mol. The van der Waals surface area contributed by atoms with Crippen molar-refractivity contribution in [1.29, 1.82) is 0 Å². The number of hydrogen-bond donors (Lipinski definition) is 1. The molecular weight excluding hydrogens is 502 g/mol. The summed E-state index contributed by atoms with van der Waals surface area (Å²) in [5.74, 6) is 1.16. The van der Waals surface area contributed by atoms with Gasteiger partial charge in [-0.15, -0.1) is 0 Å². The van der Waals surface area contributed by atoms with Crippen LogP contribution in [0.2, 0.25) is 0 Å². The Kier molecular flexibility index (Phi) is 8.09. The Morgan fingerprint density at radius 3 is 2.56 bits per heavy atom. The molecule has 0 atom stereocenters. The molecule has 0 spiro atoms. The Morgan fingerprint density at radius 1 is 1.13 bits per heavy atom. The molecule has 39 heavy (non-hydrogen) atoms. The van der Waals surface area contributed by atoms with E-state index >= 15 is 0 Å². The average Bonchev–Trinajstić information content (AvgIpc) is 3.58. The second-order valence-corrected chi connectivity index (χ2v) is 10.8. The van der Waals surface area contributed by atoms with Gasteiger partial charge in [-0.25, -0.2) is 8.78 Å². The fourth-order valence-electron chi connectivity index (χ4n) is 5.90. The SMILES string of the molecule is CC(=O)N1CCc2[nH]nc(N3CCCc4cc(-c5cnn(C)c5)c(C(F)F)cc43)c2C1.O=CC1CCCCC1. The number of H-pyrrole nitrogens is 1. The molecular formula is C29H36F2N6O2. The minimum absolute atomic E-state index is 0.00610. The summed E-state index contributed by atoms with van der Waals surface area (Å²) >= 11 is 0. The number of benzene rings is 1. The molecule has 0 unspecified atom stereocenters. The minimum Gasteiger partial charge on any atom is -0.338 e. The molecule has 0 radical (unpaired) electrons. The van der Waals surface area contributed by atoms with Gasteiger partial charge in [0.15, 0.2) is 5.82 Å². The summed E-state index contributed by atoms with van der Waals surface area (Å²) in [7, 11) is 1.77. The Bertz CT molecular complexity index is 1330. The van der Waals surface area contributed by atoms with Crippen LogP contribution in [0.5, 0.6) is 0 Å². The molecule has 3 aromatic rings. The molecule has 1 N–H and O–H groups in total. The second kappa shape index (κ2) is 11.7. The van der Waals surface area contributed by atoms with E-state index in [1.165, 1.54) is 19.3 Å². The lowest BCUT2D eigenvalue weighted by molar-refractivity contribution is -0.129. The molecule has 2 aliphatic heterocycles. The number of nitrogens with zero attached hydrogens (tertiary/aromatic N) is 5. The van der Waals surface area contributed by atoms with E-state index in [2.05, 4.69) is 15.3 Å². The van der Waals surface area contributed by atoms with Crippen molar-refractivity contribution in [2.45, 2.75) is 71.3 Å². The first-order valence-electron chi connectivity index (χ1n) is 13.8. The molecule has 208 valence electrons. The Morgan fingerprint density at radius 2 is 1.92 bits per heavy atom. The number of carbonyl (C=O) groups excluding carboxylic acids is 2. The van der Waals surface area contributed by atoms with Crippen molar-refractivity contribution < 1.29 is 18.4 Å². The number of aryl methyl sites for hydroxylation is 2. The number of carbonyl (C=O) groups is 2. The molecule has 1 saturated carbocycles. The van der Waals surface area contributed by atoms with Gasteiger partial charge < -0.3 is 14.6 Å². The van der Waals surface area contributed by atoms with Gasteiger partial charge in [-0.05, 0) is 48.9 Å². The van der Waals surface area contributed by atoms with Crippen LogP contribution in [0.15, 0.2) is 24.5 Å². The highest BCUT2D eigenvalue weighted by molar-refractivity contribution is 5.78. The highest BCUT2D eigenvalue weighted by atomic mass is 19.3. The highest BCUT2D eigenvalue weighted by Crippen LogP contribution is 2.42. The number of aldehydes is 1. The molecule has 8 nitrogen and oxygen atoms in total. The number of anilines is 2. The largest absolute Gasteiger partial charge is 0.338 e. The van der Waals surface area contributed by atoms with Crippen molar-refractivity contribution in [2.75, 3.05) is 18.0 Å².